The molecule has 0 aromatic heterocycles. The Bertz CT molecular complexity index is 437. The van der Waals surface area contributed by atoms with E-state index in [0.717, 1.165) is 12.0 Å². The van der Waals surface area contributed by atoms with Gasteiger partial charge in [-0.2, -0.15) is 0 Å². The maximum absolute atomic E-state index is 12.1. The molecule has 0 heterocycles. The highest BCUT2D eigenvalue weighted by molar-refractivity contribution is 6.30. The number of carbonyl (C=O) groups is 1. The number of carbonyl (C=O) groups excluding carboxylic acids is 1. The van der Waals surface area contributed by atoms with Gasteiger partial charge in [-0.3, -0.25) is 4.79 Å². The topological polar surface area (TPSA) is 55.1 Å². The smallest absolute Gasteiger partial charge is 0.224 e. The van der Waals surface area contributed by atoms with E-state index in [9.17, 15) is 4.79 Å². The van der Waals surface area contributed by atoms with Gasteiger partial charge in [0, 0.05) is 17.5 Å². The molecule has 0 bridgehead atoms. The van der Waals surface area contributed by atoms with Crippen LogP contribution in [0.15, 0.2) is 24.3 Å². The first-order valence-electron chi connectivity index (χ1n) is 6.99. The highest BCUT2D eigenvalue weighted by Gasteiger charge is 2.23. The predicted octanol–water partition coefficient (Wildman–Crippen LogP) is 3.53. The predicted molar refractivity (Wildman–Crippen MR) is 84.6 cm³/mol. The van der Waals surface area contributed by atoms with Crippen molar-refractivity contribution in [2.24, 2.45) is 17.1 Å². The number of nitrogens with two attached hydrogens (primary N) is 1. The maximum atomic E-state index is 12.1. The van der Waals surface area contributed by atoms with Crippen molar-refractivity contribution in [2.75, 3.05) is 6.54 Å². The molecule has 0 aliphatic carbocycles. The number of amides is 1. The summed E-state index contributed by atoms with van der Waals surface area (Å²) < 4.78 is 0. The fourth-order valence-corrected chi connectivity index (χ4v) is 2.11. The zero-order valence-electron chi connectivity index (χ0n) is 12.7. The van der Waals surface area contributed by atoms with Crippen molar-refractivity contribution in [3.63, 3.8) is 0 Å². The number of benzene rings is 1. The Kier molecular flexibility index (Phi) is 6.03. The van der Waals surface area contributed by atoms with Gasteiger partial charge in [-0.1, -0.05) is 51.4 Å². The molecule has 0 aliphatic heterocycles. The van der Waals surface area contributed by atoms with Gasteiger partial charge in [-0.25, -0.2) is 0 Å². The minimum Gasteiger partial charge on any atom is -0.349 e. The van der Waals surface area contributed by atoms with E-state index in [-0.39, 0.29) is 23.3 Å². The minimum atomic E-state index is -0.176. The summed E-state index contributed by atoms with van der Waals surface area (Å²) in [7, 11) is 0. The van der Waals surface area contributed by atoms with E-state index < -0.39 is 0 Å². The average Bonchev–Trinajstić information content (AvgIpc) is 2.36. The van der Waals surface area contributed by atoms with Crippen LogP contribution in [0.5, 0.6) is 0 Å². The van der Waals surface area contributed by atoms with Crippen LogP contribution in [0, 0.1) is 11.3 Å². The third-order valence-electron chi connectivity index (χ3n) is 3.21. The first-order chi connectivity index (χ1) is 9.23. The monoisotopic (exact) mass is 296 g/mol. The summed E-state index contributed by atoms with van der Waals surface area (Å²) in [5.41, 5.74) is 6.74. The summed E-state index contributed by atoms with van der Waals surface area (Å²) >= 11 is 5.92. The molecule has 1 rings (SSSR count). The van der Waals surface area contributed by atoms with Gasteiger partial charge in [-0.15, -0.1) is 0 Å². The maximum Gasteiger partial charge on any atom is 0.224 e. The molecule has 4 heteroatoms. The summed E-state index contributed by atoms with van der Waals surface area (Å²) in [5, 5.41) is 3.80. The van der Waals surface area contributed by atoms with Crippen LogP contribution < -0.4 is 11.1 Å². The summed E-state index contributed by atoms with van der Waals surface area (Å²) in [5.74, 6) is -0.179. The van der Waals surface area contributed by atoms with Crippen LogP contribution in [0.1, 0.15) is 45.7 Å². The third-order valence-corrected chi connectivity index (χ3v) is 3.46. The Morgan fingerprint density at radius 1 is 1.30 bits per heavy atom. The van der Waals surface area contributed by atoms with Crippen molar-refractivity contribution in [3.05, 3.63) is 34.9 Å². The van der Waals surface area contributed by atoms with Crippen LogP contribution in [0.25, 0.3) is 0 Å². The molecule has 3 nitrogen and oxygen atoms in total. The summed E-state index contributed by atoms with van der Waals surface area (Å²) in [6.45, 7) is 8.68. The lowest BCUT2D eigenvalue weighted by molar-refractivity contribution is -0.125. The Morgan fingerprint density at radius 2 is 1.85 bits per heavy atom. The second-order valence-corrected chi connectivity index (χ2v) is 6.95. The van der Waals surface area contributed by atoms with Gasteiger partial charge < -0.3 is 11.1 Å². The fourth-order valence-electron chi connectivity index (χ4n) is 1.98. The van der Waals surface area contributed by atoms with Crippen molar-refractivity contribution in [2.45, 2.75) is 40.2 Å². The molecule has 1 aromatic carbocycles. The van der Waals surface area contributed by atoms with Crippen LogP contribution in [0.3, 0.4) is 0 Å². The van der Waals surface area contributed by atoms with Crippen molar-refractivity contribution in [3.8, 4) is 0 Å². The lowest BCUT2D eigenvalue weighted by atomic mass is 9.85. The number of hydrogen-bond donors (Lipinski definition) is 2. The molecule has 0 radical (unpaired) electrons. The highest BCUT2D eigenvalue weighted by atomic mass is 35.5. The quantitative estimate of drug-likeness (QED) is 0.873. The first kappa shape index (κ1) is 17.0. The summed E-state index contributed by atoms with van der Waals surface area (Å²) in [6, 6.07) is 7.61. The zero-order valence-corrected chi connectivity index (χ0v) is 13.5. The molecule has 1 amide bonds. The van der Waals surface area contributed by atoms with Gasteiger partial charge >= 0.3 is 0 Å². The Hall–Kier alpha value is -1.06. The third kappa shape index (κ3) is 5.51. The minimum absolute atomic E-state index is 0.00306. The SMILES string of the molecule is CC(CN)C(=O)NC(CC(C)(C)C)c1ccc(Cl)cc1. The van der Waals surface area contributed by atoms with Crippen molar-refractivity contribution >= 4 is 17.5 Å². The Morgan fingerprint density at radius 3 is 2.30 bits per heavy atom. The second kappa shape index (κ2) is 7.09. The molecule has 0 aliphatic rings. The van der Waals surface area contributed by atoms with Gasteiger partial charge in [0.05, 0.1) is 6.04 Å². The molecule has 2 atom stereocenters. The zero-order chi connectivity index (χ0) is 15.3. The second-order valence-electron chi connectivity index (χ2n) is 6.51. The molecule has 0 spiro atoms. The van der Waals surface area contributed by atoms with E-state index in [1.807, 2.05) is 31.2 Å². The lowest BCUT2D eigenvalue weighted by Gasteiger charge is -2.28. The number of nitrogens with one attached hydrogen (secondary N) is 1. The van der Waals surface area contributed by atoms with Crippen molar-refractivity contribution in [1.82, 2.24) is 5.32 Å². The number of halogens is 1. The van der Waals surface area contributed by atoms with Crippen LogP contribution in [-0.4, -0.2) is 12.5 Å². The van der Waals surface area contributed by atoms with Crippen LogP contribution in [0.4, 0.5) is 0 Å². The van der Waals surface area contributed by atoms with Gasteiger partial charge in [0.15, 0.2) is 0 Å². The highest BCUT2D eigenvalue weighted by Crippen LogP contribution is 2.30. The number of hydrogen-bond acceptors (Lipinski definition) is 2. The molecule has 0 saturated carbocycles. The normalized spacial score (nSPS) is 14.7. The molecule has 1 aromatic rings. The molecular formula is C16H25ClN2O. The van der Waals surface area contributed by atoms with Crippen LogP contribution in [-0.2, 0) is 4.79 Å². The summed E-state index contributed by atoms with van der Waals surface area (Å²) in [6.07, 6.45) is 0.859. The van der Waals surface area contributed by atoms with E-state index in [4.69, 9.17) is 17.3 Å². The van der Waals surface area contributed by atoms with Gasteiger partial charge in [0.2, 0.25) is 5.91 Å². The summed E-state index contributed by atoms with van der Waals surface area (Å²) in [4.78, 5) is 12.1. The Labute approximate surface area is 126 Å². The molecule has 3 N–H and O–H groups in total. The van der Waals surface area contributed by atoms with E-state index in [1.165, 1.54) is 0 Å². The van der Waals surface area contributed by atoms with E-state index >= 15 is 0 Å². The first-order valence-corrected chi connectivity index (χ1v) is 7.36. The fraction of sp³-hybridized carbons (Fsp3) is 0.562. The van der Waals surface area contributed by atoms with E-state index in [2.05, 4.69) is 26.1 Å². The largest absolute Gasteiger partial charge is 0.349 e. The Balaban J connectivity index is 2.91. The molecular weight excluding hydrogens is 272 g/mol. The molecule has 2 unspecified atom stereocenters. The molecule has 20 heavy (non-hydrogen) atoms. The van der Waals surface area contributed by atoms with Crippen molar-refractivity contribution < 1.29 is 4.79 Å². The van der Waals surface area contributed by atoms with Crippen molar-refractivity contribution in [1.29, 1.82) is 0 Å². The molecule has 0 saturated heterocycles. The van der Waals surface area contributed by atoms with E-state index in [0.29, 0.717) is 11.6 Å². The molecule has 112 valence electrons. The average molecular weight is 297 g/mol. The lowest BCUT2D eigenvalue weighted by Crippen LogP contribution is -2.37. The van der Waals surface area contributed by atoms with Crippen LogP contribution >= 0.6 is 11.6 Å². The van der Waals surface area contributed by atoms with Gasteiger partial charge in [0.25, 0.3) is 0 Å². The van der Waals surface area contributed by atoms with Gasteiger partial charge in [0.1, 0.15) is 0 Å². The number of rotatable bonds is 5. The van der Waals surface area contributed by atoms with E-state index in [1.54, 1.807) is 0 Å². The van der Waals surface area contributed by atoms with Crippen LogP contribution in [0.2, 0.25) is 5.02 Å². The molecule has 0 fully saturated rings. The standard InChI is InChI=1S/C16H25ClN2O/c1-11(10-18)15(20)19-14(9-16(2,3)4)12-5-7-13(17)8-6-12/h5-8,11,14H,9-10,18H2,1-4H3,(H,19,20). The van der Waals surface area contributed by atoms with Gasteiger partial charge in [-0.05, 0) is 29.5 Å².